The standard InChI is InChI=1S/C44H41N3O6S3/c48-37-26-14-22-10-4-5-11-23(22)15-27(26)38(49)34(37)45-32-18-30-41(55-32)43-36(47(30)44(52)53-20-21-8-2-1-3-9-21)42-31(54-43)19-33(56-42)46-35-39(50)28-16-24-12-6-7-13-25(24)17-29(28)40(35)51/h1-3,8-9,18-19,22-29H,4-7,10-17,20H2. The van der Waals surface area contributed by atoms with Gasteiger partial charge in [0.2, 0.25) is 0 Å². The van der Waals surface area contributed by atoms with Gasteiger partial charge in [0.15, 0.2) is 34.6 Å². The predicted molar refractivity (Wildman–Crippen MR) is 220 cm³/mol. The molecule has 286 valence electrons. The molecule has 6 saturated carbocycles. The van der Waals surface area contributed by atoms with Crippen molar-refractivity contribution in [3.63, 3.8) is 0 Å². The van der Waals surface area contributed by atoms with Crippen molar-refractivity contribution in [2.45, 2.75) is 83.7 Å². The smallest absolute Gasteiger partial charge is 0.419 e. The third-order valence-corrected chi connectivity index (χ3v) is 17.6. The number of benzene rings is 1. The van der Waals surface area contributed by atoms with E-state index in [9.17, 15) is 24.0 Å². The molecule has 0 bridgehead atoms. The fraction of sp³-hybridized carbons (Fsp3) is 0.477. The maximum absolute atomic E-state index is 14.1. The molecule has 6 aliphatic carbocycles. The Hall–Kier alpha value is -4.13. The summed E-state index contributed by atoms with van der Waals surface area (Å²) in [4.78, 5) is 78.4. The second kappa shape index (κ2) is 13.5. The molecule has 0 aliphatic heterocycles. The summed E-state index contributed by atoms with van der Waals surface area (Å²) in [6.45, 7) is 0.0821. The maximum Gasteiger partial charge on any atom is 0.419 e. The van der Waals surface area contributed by atoms with Crippen molar-refractivity contribution in [1.29, 1.82) is 0 Å². The Bertz CT molecular complexity index is 2500. The molecule has 6 aliphatic rings. The third kappa shape index (κ3) is 5.52. The first-order valence-electron chi connectivity index (χ1n) is 20.4. The number of aliphatic imine (C=N–C) groups is 2. The van der Waals surface area contributed by atoms with Gasteiger partial charge in [-0.05, 0) is 67.1 Å². The number of carbonyl (C=O) groups excluding carboxylic acids is 5. The second-order valence-corrected chi connectivity index (χ2v) is 20.2. The molecule has 6 fully saturated rings. The Morgan fingerprint density at radius 2 is 1.11 bits per heavy atom. The van der Waals surface area contributed by atoms with E-state index < -0.39 is 6.09 Å². The fourth-order valence-corrected chi connectivity index (χ4v) is 15.1. The Morgan fingerprint density at radius 1 is 0.625 bits per heavy atom. The van der Waals surface area contributed by atoms with Gasteiger partial charge >= 0.3 is 6.09 Å². The number of aromatic nitrogens is 1. The van der Waals surface area contributed by atoms with Crippen molar-refractivity contribution in [3.8, 4) is 0 Å². The summed E-state index contributed by atoms with van der Waals surface area (Å²) < 4.78 is 10.9. The van der Waals surface area contributed by atoms with E-state index in [1.54, 1.807) is 10.6 Å². The molecule has 0 saturated heterocycles. The zero-order chi connectivity index (χ0) is 37.8. The van der Waals surface area contributed by atoms with Crippen LogP contribution in [-0.2, 0) is 30.5 Å². The average molecular weight is 804 g/mol. The third-order valence-electron chi connectivity index (χ3n) is 14.1. The SMILES string of the molecule is O=C1C(=Nc2cc3c(s2)c2sc4cc(N=C5C(=O)C6CC7CCCCC7CC6C5=O)sc4c2n3C(=O)OCc2ccccc2)C(=O)C2CC3CCCCC3CC12. The van der Waals surface area contributed by atoms with Gasteiger partial charge in [-0.25, -0.2) is 19.3 Å². The molecule has 9 nitrogen and oxygen atoms in total. The van der Waals surface area contributed by atoms with Crippen LogP contribution in [0, 0.1) is 47.3 Å². The number of hydrogen-bond acceptors (Lipinski definition) is 11. The number of rotatable bonds is 4. The van der Waals surface area contributed by atoms with Crippen LogP contribution >= 0.6 is 34.0 Å². The van der Waals surface area contributed by atoms with Crippen LogP contribution < -0.4 is 0 Å². The van der Waals surface area contributed by atoms with E-state index in [-0.39, 0.29) is 64.8 Å². The molecule has 5 aromatic rings. The molecule has 4 aromatic heterocycles. The van der Waals surface area contributed by atoms with Crippen molar-refractivity contribution in [2.75, 3.05) is 0 Å². The second-order valence-electron chi connectivity index (χ2n) is 17.1. The molecule has 0 spiro atoms. The fourth-order valence-electron chi connectivity index (χ4n) is 11.4. The van der Waals surface area contributed by atoms with Gasteiger partial charge in [0.25, 0.3) is 0 Å². The van der Waals surface area contributed by atoms with Crippen LogP contribution in [0.15, 0.2) is 52.4 Å². The molecule has 4 heterocycles. The molecule has 0 N–H and O–H groups in total. The lowest BCUT2D eigenvalue weighted by molar-refractivity contribution is -0.123. The Kier molecular flexibility index (Phi) is 8.44. The topological polar surface area (TPSA) is 124 Å². The van der Waals surface area contributed by atoms with Gasteiger partial charge < -0.3 is 4.74 Å². The van der Waals surface area contributed by atoms with Gasteiger partial charge in [0, 0.05) is 23.7 Å². The lowest BCUT2D eigenvalue weighted by Crippen LogP contribution is -2.35. The zero-order valence-corrected chi connectivity index (χ0v) is 33.3. The van der Waals surface area contributed by atoms with E-state index in [1.165, 1.54) is 59.7 Å². The van der Waals surface area contributed by atoms with Crippen molar-refractivity contribution >= 4 is 114 Å². The molecule has 56 heavy (non-hydrogen) atoms. The van der Waals surface area contributed by atoms with E-state index in [1.807, 2.05) is 36.4 Å². The van der Waals surface area contributed by atoms with E-state index in [0.717, 1.165) is 75.7 Å². The number of hydrogen-bond donors (Lipinski definition) is 0. The molecule has 8 atom stereocenters. The van der Waals surface area contributed by atoms with Crippen molar-refractivity contribution in [3.05, 3.63) is 48.0 Å². The summed E-state index contributed by atoms with van der Waals surface area (Å²) in [5.74, 6) is 0.599. The normalized spacial score (nSPS) is 30.2. The van der Waals surface area contributed by atoms with Crippen LogP contribution in [0.3, 0.4) is 0 Å². The lowest BCUT2D eigenvalue weighted by Gasteiger charge is -2.39. The first-order valence-corrected chi connectivity index (χ1v) is 22.8. The van der Waals surface area contributed by atoms with Crippen molar-refractivity contribution in [2.24, 2.45) is 57.3 Å². The monoisotopic (exact) mass is 803 g/mol. The van der Waals surface area contributed by atoms with Crippen LogP contribution in [-0.4, -0.2) is 45.2 Å². The quantitative estimate of drug-likeness (QED) is 0.178. The van der Waals surface area contributed by atoms with Crippen LogP contribution in [0.2, 0.25) is 0 Å². The van der Waals surface area contributed by atoms with E-state index in [0.29, 0.717) is 44.7 Å². The van der Waals surface area contributed by atoms with Gasteiger partial charge in [-0.2, -0.15) is 0 Å². The number of Topliss-reactive ketones (excluding diaryl/α,β-unsaturated/α-hetero) is 4. The van der Waals surface area contributed by atoms with Gasteiger partial charge in [-0.1, -0.05) is 81.7 Å². The Labute approximate surface area is 335 Å². The van der Waals surface area contributed by atoms with Crippen molar-refractivity contribution < 1.29 is 28.7 Å². The minimum Gasteiger partial charge on any atom is -0.444 e. The lowest BCUT2D eigenvalue weighted by atomic mass is 9.64. The molecule has 0 amide bonds. The minimum absolute atomic E-state index is 0.0579. The minimum atomic E-state index is -0.555. The van der Waals surface area contributed by atoms with E-state index in [4.69, 9.17) is 14.7 Å². The van der Waals surface area contributed by atoms with Crippen molar-refractivity contribution in [1.82, 2.24) is 4.57 Å². The van der Waals surface area contributed by atoms with E-state index >= 15 is 0 Å². The summed E-state index contributed by atoms with van der Waals surface area (Å²) in [7, 11) is 0. The highest BCUT2D eigenvalue weighted by Gasteiger charge is 2.53. The Balaban J connectivity index is 0.959. The number of nitrogens with zero attached hydrogens (tertiary/aromatic N) is 3. The summed E-state index contributed by atoms with van der Waals surface area (Å²) >= 11 is 4.25. The van der Waals surface area contributed by atoms with Gasteiger partial charge in [-0.3, -0.25) is 19.2 Å². The molecule has 8 unspecified atom stereocenters. The number of fused-ring (bicyclic) bond motifs is 9. The van der Waals surface area contributed by atoms with Crippen LogP contribution in [0.4, 0.5) is 14.8 Å². The summed E-state index contributed by atoms with van der Waals surface area (Å²) in [6, 6.07) is 13.2. The van der Waals surface area contributed by atoms with Gasteiger partial charge in [-0.15, -0.1) is 34.0 Å². The zero-order valence-electron chi connectivity index (χ0n) is 30.9. The van der Waals surface area contributed by atoms with E-state index in [2.05, 4.69) is 0 Å². The van der Waals surface area contributed by atoms with Crippen LogP contribution in [0.1, 0.15) is 82.6 Å². The molecular weight excluding hydrogens is 763 g/mol. The molecule has 1 aromatic carbocycles. The number of ether oxygens (including phenoxy) is 1. The summed E-state index contributed by atoms with van der Waals surface area (Å²) in [5.41, 5.74) is 2.28. The van der Waals surface area contributed by atoms with Gasteiger partial charge in [0.05, 0.1) is 29.8 Å². The first-order chi connectivity index (χ1) is 27.3. The highest BCUT2D eigenvalue weighted by molar-refractivity contribution is 7.37. The summed E-state index contributed by atoms with van der Waals surface area (Å²) in [6.07, 6.45) is 12.0. The molecule has 11 rings (SSSR count). The highest BCUT2D eigenvalue weighted by Crippen LogP contribution is 2.53. The largest absolute Gasteiger partial charge is 0.444 e. The number of ketones is 4. The van der Waals surface area contributed by atoms with Crippen LogP contribution in [0.5, 0.6) is 0 Å². The molecular formula is C44H41N3O6S3. The van der Waals surface area contributed by atoms with Gasteiger partial charge in [0.1, 0.15) is 16.6 Å². The number of carbonyl (C=O) groups is 5. The van der Waals surface area contributed by atoms with Crippen LogP contribution in [0.25, 0.3) is 29.8 Å². The predicted octanol–water partition coefficient (Wildman–Crippen LogP) is 10.4. The molecule has 12 heteroatoms. The maximum atomic E-state index is 14.1. The summed E-state index contributed by atoms with van der Waals surface area (Å²) in [5, 5.41) is 1.08. The number of thiophene rings is 3. The Morgan fingerprint density at radius 3 is 1.62 bits per heavy atom. The highest BCUT2D eigenvalue weighted by atomic mass is 32.1. The first kappa shape index (κ1) is 35.1. The molecule has 0 radical (unpaired) electrons. The average Bonchev–Trinajstić information content (AvgIpc) is 4.04.